The second-order valence-electron chi connectivity index (χ2n) is 10.8. The van der Waals surface area contributed by atoms with E-state index in [1.807, 2.05) is 24.3 Å². The van der Waals surface area contributed by atoms with Crippen molar-refractivity contribution in [2.24, 2.45) is 0 Å². The number of fused-ring (bicyclic) bond motifs is 1. The van der Waals surface area contributed by atoms with Crippen molar-refractivity contribution in [3.05, 3.63) is 69.8 Å². The Bertz CT molecular complexity index is 990. The molecule has 2 nitrogen and oxygen atoms in total. The monoisotopic (exact) mass is 432 g/mol. The lowest BCUT2D eigenvalue weighted by Gasteiger charge is -2.22. The number of benzene rings is 2. The molecule has 0 radical (unpaired) electrons. The maximum absolute atomic E-state index is 11.7. The first-order chi connectivity index (χ1) is 15.1. The normalized spacial score (nSPS) is 16.7. The van der Waals surface area contributed by atoms with Gasteiger partial charge in [0, 0.05) is 0 Å². The van der Waals surface area contributed by atoms with Gasteiger partial charge in [-0.05, 0) is 82.5 Å². The van der Waals surface area contributed by atoms with E-state index in [1.54, 1.807) is 0 Å². The lowest BCUT2D eigenvalue weighted by molar-refractivity contribution is 0.0600. The van der Waals surface area contributed by atoms with Crippen LogP contribution >= 0.6 is 0 Å². The van der Waals surface area contributed by atoms with Crippen molar-refractivity contribution in [1.82, 2.24) is 0 Å². The first kappa shape index (κ1) is 24.3. The number of aryl methyl sites for hydroxylation is 1. The van der Waals surface area contributed by atoms with Crippen LogP contribution in [0, 0.1) is 0 Å². The van der Waals surface area contributed by atoms with Crippen LogP contribution in [0.5, 0.6) is 0 Å². The zero-order valence-corrected chi connectivity index (χ0v) is 21.1. The molecule has 172 valence electrons. The van der Waals surface area contributed by atoms with Crippen molar-refractivity contribution in [2.45, 2.75) is 90.9 Å². The lowest BCUT2D eigenvalue weighted by Crippen LogP contribution is -2.18. The van der Waals surface area contributed by atoms with Gasteiger partial charge >= 0.3 is 5.97 Å². The first-order valence-corrected chi connectivity index (χ1v) is 12.1. The summed E-state index contributed by atoms with van der Waals surface area (Å²) in [5, 5.41) is 0. The van der Waals surface area contributed by atoms with E-state index in [1.165, 1.54) is 67.0 Å². The smallest absolute Gasteiger partial charge is 0.337 e. The maximum Gasteiger partial charge on any atom is 0.337 e. The standard InChI is InChI=1S/C30H40O2/c1-8-9-10-11-12-24-18-26-27(30(5,6)20-29(26,3)4)19-25(24)21(2)17-22-13-15-23(16-14-22)28(31)32-7/h13-19H,8-12,20H2,1-7H3/b21-17+. The van der Waals surface area contributed by atoms with Crippen LogP contribution in [0.4, 0.5) is 0 Å². The summed E-state index contributed by atoms with van der Waals surface area (Å²) in [5.74, 6) is -0.296. The zero-order chi connectivity index (χ0) is 23.5. The molecule has 0 heterocycles. The lowest BCUT2D eigenvalue weighted by atomic mass is 9.82. The van der Waals surface area contributed by atoms with Crippen molar-refractivity contribution >= 4 is 17.6 Å². The fourth-order valence-electron chi connectivity index (χ4n) is 5.54. The molecule has 0 bridgehead atoms. The van der Waals surface area contributed by atoms with Crippen molar-refractivity contribution in [1.29, 1.82) is 0 Å². The molecule has 0 fully saturated rings. The summed E-state index contributed by atoms with van der Waals surface area (Å²) < 4.78 is 4.82. The Morgan fingerprint density at radius 1 is 0.969 bits per heavy atom. The van der Waals surface area contributed by atoms with E-state index in [2.05, 4.69) is 59.8 Å². The fraction of sp³-hybridized carbons (Fsp3) is 0.500. The number of esters is 1. The second kappa shape index (κ2) is 9.65. The minimum atomic E-state index is -0.296. The van der Waals surface area contributed by atoms with E-state index in [0.717, 1.165) is 12.0 Å². The molecule has 32 heavy (non-hydrogen) atoms. The van der Waals surface area contributed by atoms with Gasteiger partial charge in [-0.15, -0.1) is 0 Å². The van der Waals surface area contributed by atoms with Gasteiger partial charge in [0.25, 0.3) is 0 Å². The van der Waals surface area contributed by atoms with Crippen LogP contribution in [0.2, 0.25) is 0 Å². The number of hydrogen-bond donors (Lipinski definition) is 0. The van der Waals surface area contributed by atoms with E-state index in [-0.39, 0.29) is 16.8 Å². The summed E-state index contributed by atoms with van der Waals surface area (Å²) in [6.45, 7) is 14.0. The van der Waals surface area contributed by atoms with Crippen molar-refractivity contribution in [3.63, 3.8) is 0 Å². The number of allylic oxidation sites excluding steroid dienone is 1. The van der Waals surface area contributed by atoms with Crippen LogP contribution in [-0.4, -0.2) is 13.1 Å². The van der Waals surface area contributed by atoms with Gasteiger partial charge in [0.2, 0.25) is 0 Å². The molecule has 0 spiro atoms. The Morgan fingerprint density at radius 2 is 1.59 bits per heavy atom. The Balaban J connectivity index is 2.01. The summed E-state index contributed by atoms with van der Waals surface area (Å²) in [5.41, 5.74) is 9.27. The number of carbonyl (C=O) groups is 1. The van der Waals surface area contributed by atoms with Crippen LogP contribution in [0.3, 0.4) is 0 Å². The van der Waals surface area contributed by atoms with Gasteiger partial charge < -0.3 is 4.74 Å². The molecular weight excluding hydrogens is 392 g/mol. The molecule has 1 aliphatic carbocycles. The Labute approximate surface area is 195 Å². The molecule has 2 heteroatoms. The molecule has 2 aromatic rings. The average molecular weight is 433 g/mol. The SMILES string of the molecule is CCCCCCc1cc2c(cc1/C(C)=C/c1ccc(C(=O)OC)cc1)C(C)(C)CC2(C)C. The molecule has 0 unspecified atom stereocenters. The van der Waals surface area contributed by atoms with Gasteiger partial charge in [-0.2, -0.15) is 0 Å². The molecule has 0 aromatic heterocycles. The van der Waals surface area contributed by atoms with Crippen molar-refractivity contribution in [3.8, 4) is 0 Å². The highest BCUT2D eigenvalue weighted by Crippen LogP contribution is 2.50. The van der Waals surface area contributed by atoms with E-state index in [4.69, 9.17) is 4.74 Å². The van der Waals surface area contributed by atoms with Gasteiger partial charge in [0.15, 0.2) is 0 Å². The minimum Gasteiger partial charge on any atom is -0.465 e. The number of hydrogen-bond acceptors (Lipinski definition) is 2. The van der Waals surface area contributed by atoms with Crippen LogP contribution in [0.15, 0.2) is 36.4 Å². The van der Waals surface area contributed by atoms with Crippen LogP contribution < -0.4 is 0 Å². The Hall–Kier alpha value is -2.35. The van der Waals surface area contributed by atoms with Crippen LogP contribution in [-0.2, 0) is 22.0 Å². The number of methoxy groups -OCH3 is 1. The Kier molecular flexibility index (Phi) is 7.32. The van der Waals surface area contributed by atoms with Crippen molar-refractivity contribution in [2.75, 3.05) is 7.11 Å². The van der Waals surface area contributed by atoms with Gasteiger partial charge in [-0.3, -0.25) is 0 Å². The molecule has 0 saturated heterocycles. The fourth-order valence-corrected chi connectivity index (χ4v) is 5.54. The maximum atomic E-state index is 11.7. The van der Waals surface area contributed by atoms with Crippen LogP contribution in [0.25, 0.3) is 11.6 Å². The molecule has 0 aliphatic heterocycles. The average Bonchev–Trinajstić information content (AvgIpc) is 2.93. The van der Waals surface area contributed by atoms with Crippen LogP contribution in [0.1, 0.15) is 112 Å². The predicted molar refractivity (Wildman–Crippen MR) is 136 cm³/mol. The highest BCUT2D eigenvalue weighted by molar-refractivity contribution is 5.90. The molecule has 2 aromatic carbocycles. The quantitative estimate of drug-likeness (QED) is 0.239. The number of carbonyl (C=O) groups excluding carboxylic acids is 1. The summed E-state index contributed by atoms with van der Waals surface area (Å²) in [6.07, 6.45) is 9.66. The number of unbranched alkanes of at least 4 members (excludes halogenated alkanes) is 3. The van der Waals surface area contributed by atoms with Gasteiger partial charge in [0.1, 0.15) is 0 Å². The Morgan fingerprint density at radius 3 is 2.19 bits per heavy atom. The highest BCUT2D eigenvalue weighted by Gasteiger charge is 2.42. The summed E-state index contributed by atoms with van der Waals surface area (Å²) in [6, 6.07) is 12.7. The first-order valence-electron chi connectivity index (χ1n) is 12.1. The summed E-state index contributed by atoms with van der Waals surface area (Å²) >= 11 is 0. The second-order valence-corrected chi connectivity index (χ2v) is 10.8. The third-order valence-corrected chi connectivity index (χ3v) is 7.02. The third kappa shape index (κ3) is 5.17. The molecule has 0 atom stereocenters. The van der Waals surface area contributed by atoms with E-state index >= 15 is 0 Å². The molecule has 0 saturated carbocycles. The summed E-state index contributed by atoms with van der Waals surface area (Å²) in [7, 11) is 1.42. The summed E-state index contributed by atoms with van der Waals surface area (Å²) in [4.78, 5) is 11.7. The minimum absolute atomic E-state index is 0.191. The highest BCUT2D eigenvalue weighted by atomic mass is 16.5. The van der Waals surface area contributed by atoms with E-state index in [9.17, 15) is 4.79 Å². The van der Waals surface area contributed by atoms with Gasteiger partial charge in [-0.1, -0.05) is 84.2 Å². The molecular formula is C30H40O2. The molecule has 0 N–H and O–H groups in total. The predicted octanol–water partition coefficient (Wildman–Crippen LogP) is 8.12. The van der Waals surface area contributed by atoms with Crippen molar-refractivity contribution < 1.29 is 9.53 Å². The number of ether oxygens (including phenoxy) is 1. The van der Waals surface area contributed by atoms with E-state index < -0.39 is 0 Å². The van der Waals surface area contributed by atoms with Gasteiger partial charge in [0.05, 0.1) is 12.7 Å². The van der Waals surface area contributed by atoms with Gasteiger partial charge in [-0.25, -0.2) is 4.79 Å². The largest absolute Gasteiger partial charge is 0.465 e. The molecule has 0 amide bonds. The molecule has 3 rings (SSSR count). The zero-order valence-electron chi connectivity index (χ0n) is 21.1. The number of rotatable bonds is 8. The van der Waals surface area contributed by atoms with E-state index in [0.29, 0.717) is 5.56 Å². The molecule has 1 aliphatic rings. The topological polar surface area (TPSA) is 26.3 Å². The third-order valence-electron chi connectivity index (χ3n) is 7.02.